The van der Waals surface area contributed by atoms with E-state index in [4.69, 9.17) is 0 Å². The number of aromatic nitrogens is 3. The highest BCUT2D eigenvalue weighted by atomic mass is 32.2. The lowest BCUT2D eigenvalue weighted by molar-refractivity contribution is -0.128. The first kappa shape index (κ1) is 17.5. The van der Waals surface area contributed by atoms with Crippen molar-refractivity contribution >= 4 is 17.7 Å². The third-order valence-corrected chi connectivity index (χ3v) is 6.29. The van der Waals surface area contributed by atoms with E-state index in [-0.39, 0.29) is 5.91 Å². The summed E-state index contributed by atoms with van der Waals surface area (Å²) in [4.78, 5) is 19.6. The number of aliphatic hydroxyl groups excluding tert-OH is 1. The van der Waals surface area contributed by atoms with Gasteiger partial charge in [0, 0.05) is 30.4 Å². The van der Waals surface area contributed by atoms with Crippen molar-refractivity contribution in [2.24, 2.45) is 5.92 Å². The summed E-state index contributed by atoms with van der Waals surface area (Å²) in [6.45, 7) is 2.12. The van der Waals surface area contributed by atoms with Crippen LogP contribution in [0.3, 0.4) is 0 Å². The summed E-state index contributed by atoms with van der Waals surface area (Å²) in [7, 11) is 0. The molecule has 2 aliphatic rings. The smallest absolute Gasteiger partial charge is 0.233 e. The fourth-order valence-electron chi connectivity index (χ4n) is 3.51. The zero-order valence-corrected chi connectivity index (χ0v) is 15.6. The second kappa shape index (κ2) is 7.80. The predicted octanol–water partition coefficient (Wildman–Crippen LogP) is 2.64. The highest BCUT2D eigenvalue weighted by Crippen LogP contribution is 2.37. The SMILES string of the molecule is O=C(CSc1ccncc1)N1CCCn2nc([C@H](O)C3CCC3)cc2C1. The van der Waals surface area contributed by atoms with Gasteiger partial charge in [-0.25, -0.2) is 0 Å². The maximum Gasteiger partial charge on any atom is 0.233 e. The van der Waals surface area contributed by atoms with Crippen LogP contribution in [0.4, 0.5) is 0 Å². The summed E-state index contributed by atoms with van der Waals surface area (Å²) in [5.74, 6) is 0.918. The number of aryl methyl sites for hydroxylation is 1. The topological polar surface area (TPSA) is 71.2 Å². The molecule has 1 aliphatic heterocycles. The highest BCUT2D eigenvalue weighted by Gasteiger charge is 2.30. The minimum absolute atomic E-state index is 0.141. The van der Waals surface area contributed by atoms with Crippen molar-refractivity contribution in [2.75, 3.05) is 12.3 Å². The Morgan fingerprint density at radius 1 is 1.27 bits per heavy atom. The number of carbonyl (C=O) groups is 1. The van der Waals surface area contributed by atoms with Crippen molar-refractivity contribution in [3.05, 3.63) is 42.0 Å². The minimum Gasteiger partial charge on any atom is -0.386 e. The molecule has 26 heavy (non-hydrogen) atoms. The number of pyridine rings is 1. The summed E-state index contributed by atoms with van der Waals surface area (Å²) in [5.41, 5.74) is 1.79. The molecule has 1 atom stereocenters. The third-order valence-electron chi connectivity index (χ3n) is 5.30. The monoisotopic (exact) mass is 372 g/mol. The Bertz CT molecular complexity index is 760. The van der Waals surface area contributed by atoms with E-state index >= 15 is 0 Å². The number of rotatable bonds is 5. The molecular weight excluding hydrogens is 348 g/mol. The Balaban J connectivity index is 1.40. The molecule has 1 saturated carbocycles. The quantitative estimate of drug-likeness (QED) is 0.817. The van der Waals surface area contributed by atoms with Crippen molar-refractivity contribution in [1.29, 1.82) is 0 Å². The molecule has 0 unspecified atom stereocenters. The molecule has 2 aromatic heterocycles. The molecule has 0 radical (unpaired) electrons. The van der Waals surface area contributed by atoms with Gasteiger partial charge in [0.15, 0.2) is 0 Å². The molecule has 3 heterocycles. The van der Waals surface area contributed by atoms with Crippen LogP contribution in [0.25, 0.3) is 0 Å². The van der Waals surface area contributed by atoms with Gasteiger partial charge in [0.25, 0.3) is 0 Å². The molecule has 1 N–H and O–H groups in total. The first-order valence-corrected chi connectivity index (χ1v) is 10.2. The number of hydrogen-bond acceptors (Lipinski definition) is 5. The fourth-order valence-corrected chi connectivity index (χ4v) is 4.30. The molecule has 138 valence electrons. The van der Waals surface area contributed by atoms with Crippen LogP contribution >= 0.6 is 11.8 Å². The number of aliphatic hydroxyl groups is 1. The Labute approximate surface area is 157 Å². The van der Waals surface area contributed by atoms with E-state index in [1.54, 1.807) is 24.2 Å². The van der Waals surface area contributed by atoms with E-state index in [0.29, 0.717) is 18.2 Å². The van der Waals surface area contributed by atoms with E-state index < -0.39 is 6.10 Å². The van der Waals surface area contributed by atoms with Crippen LogP contribution in [0.2, 0.25) is 0 Å². The molecule has 0 saturated heterocycles. The highest BCUT2D eigenvalue weighted by molar-refractivity contribution is 8.00. The van der Waals surface area contributed by atoms with Gasteiger partial charge in [-0.2, -0.15) is 5.10 Å². The molecule has 1 fully saturated rings. The van der Waals surface area contributed by atoms with E-state index in [0.717, 1.165) is 48.6 Å². The van der Waals surface area contributed by atoms with Gasteiger partial charge in [-0.3, -0.25) is 14.5 Å². The van der Waals surface area contributed by atoms with Gasteiger partial charge in [-0.15, -0.1) is 11.8 Å². The zero-order chi connectivity index (χ0) is 17.9. The minimum atomic E-state index is -0.463. The lowest BCUT2D eigenvalue weighted by Crippen LogP contribution is -2.32. The van der Waals surface area contributed by atoms with Crippen molar-refractivity contribution in [1.82, 2.24) is 19.7 Å². The second-order valence-electron chi connectivity index (χ2n) is 7.06. The van der Waals surface area contributed by atoms with Crippen LogP contribution in [-0.4, -0.2) is 43.0 Å². The van der Waals surface area contributed by atoms with Crippen molar-refractivity contribution in [3.63, 3.8) is 0 Å². The average Bonchev–Trinajstić information content (AvgIpc) is 2.91. The summed E-state index contributed by atoms with van der Waals surface area (Å²) in [6.07, 6.45) is 7.28. The maximum absolute atomic E-state index is 12.6. The molecule has 0 spiro atoms. The molecular formula is C19H24N4O2S. The molecule has 0 aromatic carbocycles. The molecule has 4 rings (SSSR count). The van der Waals surface area contributed by atoms with Gasteiger partial charge >= 0.3 is 0 Å². The van der Waals surface area contributed by atoms with Crippen molar-refractivity contribution in [3.8, 4) is 0 Å². The first-order valence-electron chi connectivity index (χ1n) is 9.26. The molecule has 0 bridgehead atoms. The standard InChI is InChI=1S/C19H24N4O2S/c24-18(13-26-16-5-7-20-8-6-16)22-9-2-10-23-15(12-22)11-17(21-23)19(25)14-3-1-4-14/h5-8,11,14,19,25H,1-4,9-10,12-13H2/t19-/m1/s1. The van der Waals surface area contributed by atoms with E-state index in [1.165, 1.54) is 6.42 Å². The third kappa shape index (κ3) is 3.78. The Hall–Kier alpha value is -1.86. The Kier molecular flexibility index (Phi) is 5.26. The first-order chi connectivity index (χ1) is 12.7. The van der Waals surface area contributed by atoms with Gasteiger partial charge < -0.3 is 10.0 Å². The molecule has 2 aromatic rings. The number of nitrogens with zero attached hydrogens (tertiary/aromatic N) is 4. The summed E-state index contributed by atoms with van der Waals surface area (Å²) in [5, 5.41) is 15.1. The van der Waals surface area contributed by atoms with Crippen LogP contribution in [-0.2, 0) is 17.9 Å². The van der Waals surface area contributed by atoms with Crippen molar-refractivity contribution in [2.45, 2.75) is 49.8 Å². The predicted molar refractivity (Wildman–Crippen MR) is 99.5 cm³/mol. The lowest BCUT2D eigenvalue weighted by Gasteiger charge is -2.29. The normalized spacial score (nSPS) is 18.7. The van der Waals surface area contributed by atoms with Gasteiger partial charge in [0.1, 0.15) is 6.10 Å². The molecule has 7 heteroatoms. The number of carbonyl (C=O) groups excluding carboxylic acids is 1. The molecule has 1 amide bonds. The van der Waals surface area contributed by atoms with E-state index in [9.17, 15) is 9.90 Å². The van der Waals surface area contributed by atoms with Crippen LogP contribution in [0.5, 0.6) is 0 Å². The van der Waals surface area contributed by atoms with E-state index in [2.05, 4.69) is 10.1 Å². The van der Waals surface area contributed by atoms with Gasteiger partial charge in [0.05, 0.1) is 23.7 Å². The fraction of sp³-hybridized carbons (Fsp3) is 0.526. The van der Waals surface area contributed by atoms with Crippen LogP contribution in [0.1, 0.15) is 43.2 Å². The average molecular weight is 372 g/mol. The summed E-state index contributed by atoms with van der Waals surface area (Å²) >= 11 is 1.54. The van der Waals surface area contributed by atoms with Gasteiger partial charge in [0.2, 0.25) is 5.91 Å². The number of amides is 1. The van der Waals surface area contributed by atoms with Gasteiger partial charge in [-0.05, 0) is 43.4 Å². The zero-order valence-electron chi connectivity index (χ0n) is 14.8. The number of hydrogen-bond donors (Lipinski definition) is 1. The second-order valence-corrected chi connectivity index (χ2v) is 8.11. The van der Waals surface area contributed by atoms with Crippen LogP contribution < -0.4 is 0 Å². The summed E-state index contributed by atoms with van der Waals surface area (Å²) in [6, 6.07) is 5.83. The molecule has 1 aliphatic carbocycles. The lowest BCUT2D eigenvalue weighted by atomic mass is 9.80. The number of thioether (sulfide) groups is 1. The van der Waals surface area contributed by atoms with Crippen LogP contribution in [0, 0.1) is 5.92 Å². The van der Waals surface area contributed by atoms with Crippen LogP contribution in [0.15, 0.2) is 35.5 Å². The maximum atomic E-state index is 12.6. The van der Waals surface area contributed by atoms with Crippen molar-refractivity contribution < 1.29 is 9.90 Å². The molecule has 6 nitrogen and oxygen atoms in total. The van der Waals surface area contributed by atoms with E-state index in [1.807, 2.05) is 27.8 Å². The largest absolute Gasteiger partial charge is 0.386 e. The Morgan fingerprint density at radius 3 is 2.81 bits per heavy atom. The Morgan fingerprint density at radius 2 is 2.08 bits per heavy atom. The summed E-state index contributed by atoms with van der Waals surface area (Å²) < 4.78 is 1.97. The van der Waals surface area contributed by atoms with Gasteiger partial charge in [-0.1, -0.05) is 6.42 Å². The number of fused-ring (bicyclic) bond motifs is 1.